The quantitative estimate of drug-likeness (QED) is 0.842. The van der Waals surface area contributed by atoms with Crippen molar-refractivity contribution in [2.24, 2.45) is 11.7 Å². The van der Waals surface area contributed by atoms with Crippen molar-refractivity contribution < 1.29 is 13.9 Å². The van der Waals surface area contributed by atoms with Gasteiger partial charge < -0.3 is 15.8 Å². The van der Waals surface area contributed by atoms with Gasteiger partial charge >= 0.3 is 0 Å². The number of halogens is 2. The minimum Gasteiger partial charge on any atom is -0.478 e. The summed E-state index contributed by atoms with van der Waals surface area (Å²) in [6, 6.07) is 6.24. The maximum absolute atomic E-state index is 13.6. The number of ether oxygens (including phenoxy) is 1. The Morgan fingerprint density at radius 1 is 1.45 bits per heavy atom. The van der Waals surface area contributed by atoms with Gasteiger partial charge in [-0.05, 0) is 43.9 Å². The second kappa shape index (κ2) is 8.96. The van der Waals surface area contributed by atoms with E-state index >= 15 is 0 Å². The summed E-state index contributed by atoms with van der Waals surface area (Å²) in [4.78, 5) is 12.3. The lowest BCUT2D eigenvalue weighted by molar-refractivity contribution is -0.129. The maximum Gasteiger partial charge on any atom is 0.261 e. The summed E-state index contributed by atoms with van der Waals surface area (Å²) in [7, 11) is 0. The number of para-hydroxylation sites is 1. The van der Waals surface area contributed by atoms with E-state index in [1.807, 2.05) is 6.92 Å². The van der Waals surface area contributed by atoms with Gasteiger partial charge in [0.2, 0.25) is 0 Å². The SMILES string of the molecule is CCC(Oc1ccccc1F)C(=O)NC1CCCC1CN.Cl. The molecule has 22 heavy (non-hydrogen) atoms. The van der Waals surface area contributed by atoms with Crippen LogP contribution in [0.5, 0.6) is 5.75 Å². The summed E-state index contributed by atoms with van der Waals surface area (Å²) in [5, 5.41) is 3.00. The summed E-state index contributed by atoms with van der Waals surface area (Å²) < 4.78 is 19.1. The van der Waals surface area contributed by atoms with E-state index in [4.69, 9.17) is 10.5 Å². The summed E-state index contributed by atoms with van der Waals surface area (Å²) in [5.74, 6) is -0.197. The Morgan fingerprint density at radius 3 is 2.82 bits per heavy atom. The highest BCUT2D eigenvalue weighted by Gasteiger charge is 2.30. The number of hydrogen-bond acceptors (Lipinski definition) is 3. The fourth-order valence-electron chi connectivity index (χ4n) is 2.80. The van der Waals surface area contributed by atoms with Gasteiger partial charge in [-0.25, -0.2) is 4.39 Å². The van der Waals surface area contributed by atoms with Gasteiger partial charge in [0.15, 0.2) is 17.7 Å². The highest BCUT2D eigenvalue weighted by atomic mass is 35.5. The first-order valence-electron chi connectivity index (χ1n) is 7.57. The zero-order valence-electron chi connectivity index (χ0n) is 12.8. The smallest absolute Gasteiger partial charge is 0.261 e. The number of nitrogens with one attached hydrogen (secondary N) is 1. The molecule has 0 spiro atoms. The molecule has 1 aromatic carbocycles. The molecule has 0 aliphatic heterocycles. The second-order valence-corrected chi connectivity index (χ2v) is 5.49. The van der Waals surface area contributed by atoms with Crippen molar-refractivity contribution in [3.05, 3.63) is 30.1 Å². The van der Waals surface area contributed by atoms with Crippen LogP contribution in [0.4, 0.5) is 4.39 Å². The number of rotatable bonds is 6. The third kappa shape index (κ3) is 4.58. The van der Waals surface area contributed by atoms with E-state index in [0.29, 0.717) is 18.9 Å². The highest BCUT2D eigenvalue weighted by molar-refractivity contribution is 5.85. The normalized spacial score (nSPS) is 21.8. The Hall–Kier alpha value is -1.33. The van der Waals surface area contributed by atoms with Gasteiger partial charge in [-0.2, -0.15) is 0 Å². The van der Waals surface area contributed by atoms with Crippen LogP contribution in [-0.2, 0) is 4.79 Å². The Kier molecular flexibility index (Phi) is 7.62. The monoisotopic (exact) mass is 330 g/mol. The first-order chi connectivity index (χ1) is 10.2. The lowest BCUT2D eigenvalue weighted by Crippen LogP contribution is -2.46. The molecule has 1 amide bonds. The Balaban J connectivity index is 0.00000242. The molecule has 3 unspecified atom stereocenters. The minimum atomic E-state index is -0.680. The summed E-state index contributed by atoms with van der Waals surface area (Å²) in [5.41, 5.74) is 5.72. The summed E-state index contributed by atoms with van der Waals surface area (Å²) in [6.07, 6.45) is 2.88. The third-order valence-electron chi connectivity index (χ3n) is 4.06. The van der Waals surface area contributed by atoms with E-state index in [1.54, 1.807) is 12.1 Å². The second-order valence-electron chi connectivity index (χ2n) is 5.49. The van der Waals surface area contributed by atoms with Crippen molar-refractivity contribution in [3.63, 3.8) is 0 Å². The van der Waals surface area contributed by atoms with E-state index < -0.39 is 11.9 Å². The van der Waals surface area contributed by atoms with E-state index in [9.17, 15) is 9.18 Å². The molecule has 0 saturated heterocycles. The van der Waals surface area contributed by atoms with Crippen molar-refractivity contribution in [3.8, 4) is 5.75 Å². The zero-order valence-corrected chi connectivity index (χ0v) is 13.6. The molecular formula is C16H24ClFN2O2. The van der Waals surface area contributed by atoms with E-state index in [0.717, 1.165) is 19.3 Å². The van der Waals surface area contributed by atoms with Crippen molar-refractivity contribution in [2.75, 3.05) is 6.54 Å². The number of carbonyl (C=O) groups is 1. The van der Waals surface area contributed by atoms with Crippen molar-refractivity contribution in [1.29, 1.82) is 0 Å². The van der Waals surface area contributed by atoms with Crippen LogP contribution in [0, 0.1) is 11.7 Å². The van der Waals surface area contributed by atoms with Gasteiger partial charge in [0, 0.05) is 6.04 Å². The predicted octanol–water partition coefficient (Wildman–Crippen LogP) is 2.65. The maximum atomic E-state index is 13.6. The predicted molar refractivity (Wildman–Crippen MR) is 86.7 cm³/mol. The molecule has 0 bridgehead atoms. The Bertz CT molecular complexity index is 487. The largest absolute Gasteiger partial charge is 0.478 e. The number of hydrogen-bond donors (Lipinski definition) is 2. The van der Waals surface area contributed by atoms with Crippen LogP contribution in [0.15, 0.2) is 24.3 Å². The number of benzene rings is 1. The minimum absolute atomic E-state index is 0. The molecule has 1 fully saturated rings. The number of nitrogens with two attached hydrogens (primary N) is 1. The molecule has 1 aromatic rings. The molecule has 0 radical (unpaired) electrons. The third-order valence-corrected chi connectivity index (χ3v) is 4.06. The zero-order chi connectivity index (χ0) is 15.2. The van der Waals surface area contributed by atoms with E-state index in [1.165, 1.54) is 12.1 Å². The molecule has 0 aromatic heterocycles. The van der Waals surface area contributed by atoms with E-state index in [-0.39, 0.29) is 30.1 Å². The molecule has 3 atom stereocenters. The number of carbonyl (C=O) groups excluding carboxylic acids is 1. The molecule has 124 valence electrons. The van der Waals surface area contributed by atoms with Crippen LogP contribution in [0.1, 0.15) is 32.6 Å². The first kappa shape index (κ1) is 18.7. The fraction of sp³-hybridized carbons (Fsp3) is 0.562. The van der Waals surface area contributed by atoms with Crippen LogP contribution in [-0.4, -0.2) is 24.6 Å². The molecule has 0 heterocycles. The van der Waals surface area contributed by atoms with Crippen molar-refractivity contribution in [2.45, 2.75) is 44.8 Å². The first-order valence-corrected chi connectivity index (χ1v) is 7.57. The molecular weight excluding hydrogens is 307 g/mol. The topological polar surface area (TPSA) is 64.3 Å². The Labute approximate surface area is 137 Å². The average molecular weight is 331 g/mol. The lowest BCUT2D eigenvalue weighted by atomic mass is 10.0. The fourth-order valence-corrected chi connectivity index (χ4v) is 2.80. The summed E-state index contributed by atoms with van der Waals surface area (Å²) in [6.45, 7) is 2.43. The van der Waals surface area contributed by atoms with Crippen LogP contribution in [0.2, 0.25) is 0 Å². The van der Waals surface area contributed by atoms with Crippen LogP contribution in [0.3, 0.4) is 0 Å². The molecule has 2 rings (SSSR count). The van der Waals surface area contributed by atoms with Crippen LogP contribution >= 0.6 is 12.4 Å². The van der Waals surface area contributed by atoms with Gasteiger partial charge in [-0.15, -0.1) is 12.4 Å². The summed E-state index contributed by atoms with van der Waals surface area (Å²) >= 11 is 0. The lowest BCUT2D eigenvalue weighted by Gasteiger charge is -2.23. The molecule has 3 N–H and O–H groups in total. The van der Waals surface area contributed by atoms with Gasteiger partial charge in [0.25, 0.3) is 5.91 Å². The van der Waals surface area contributed by atoms with E-state index in [2.05, 4.69) is 5.32 Å². The van der Waals surface area contributed by atoms with Gasteiger partial charge in [-0.1, -0.05) is 25.5 Å². The van der Waals surface area contributed by atoms with Crippen molar-refractivity contribution >= 4 is 18.3 Å². The highest BCUT2D eigenvalue weighted by Crippen LogP contribution is 2.25. The van der Waals surface area contributed by atoms with Crippen LogP contribution in [0.25, 0.3) is 0 Å². The van der Waals surface area contributed by atoms with Gasteiger partial charge in [-0.3, -0.25) is 4.79 Å². The van der Waals surface area contributed by atoms with Crippen LogP contribution < -0.4 is 15.8 Å². The number of amides is 1. The molecule has 1 aliphatic rings. The standard InChI is InChI=1S/C16H23FN2O2.ClH/c1-2-14(21-15-9-4-3-7-12(15)17)16(20)19-13-8-5-6-11(13)10-18;/h3-4,7,9,11,13-14H,2,5-6,8,10,18H2,1H3,(H,19,20);1H. The van der Waals surface area contributed by atoms with Gasteiger partial charge in [0.05, 0.1) is 0 Å². The van der Waals surface area contributed by atoms with Crippen molar-refractivity contribution in [1.82, 2.24) is 5.32 Å². The molecule has 4 nitrogen and oxygen atoms in total. The molecule has 1 aliphatic carbocycles. The van der Waals surface area contributed by atoms with Gasteiger partial charge in [0.1, 0.15) is 0 Å². The average Bonchev–Trinajstić information content (AvgIpc) is 2.93. The molecule has 1 saturated carbocycles. The molecule has 6 heteroatoms. The Morgan fingerprint density at radius 2 is 2.18 bits per heavy atom.